The highest BCUT2D eigenvalue weighted by Gasteiger charge is 2.23. The van der Waals surface area contributed by atoms with Crippen molar-refractivity contribution in [3.8, 4) is 11.5 Å². The zero-order valence-corrected chi connectivity index (χ0v) is 17.1. The third-order valence-electron chi connectivity index (χ3n) is 4.25. The van der Waals surface area contributed by atoms with Gasteiger partial charge in [-0.2, -0.15) is 11.8 Å². The normalized spacial score (nSPS) is 18.6. The van der Waals surface area contributed by atoms with Gasteiger partial charge in [0.05, 0.1) is 19.0 Å². The van der Waals surface area contributed by atoms with Crippen molar-refractivity contribution in [2.45, 2.75) is 6.42 Å². The van der Waals surface area contributed by atoms with Crippen LogP contribution in [0.5, 0.6) is 11.5 Å². The lowest BCUT2D eigenvalue weighted by Crippen LogP contribution is -2.42. The van der Waals surface area contributed by atoms with Gasteiger partial charge in [-0.1, -0.05) is 0 Å². The zero-order chi connectivity index (χ0) is 19.1. The van der Waals surface area contributed by atoms with E-state index >= 15 is 0 Å². The standard InChI is InChI=1S/C17H26N4O4S2/c1-18-17(19-5-12-27(22,23)21-6-10-26-11-7-21)20-14-3-4-15-16(13-14)25-9-2-8-24-15/h3-4,13H,2,5-12H2,1H3,(H2,18,19,20). The highest BCUT2D eigenvalue weighted by Crippen LogP contribution is 2.32. The number of benzene rings is 1. The molecule has 27 heavy (non-hydrogen) atoms. The molecule has 2 aliphatic heterocycles. The number of thioether (sulfide) groups is 1. The van der Waals surface area contributed by atoms with Crippen LogP contribution in [0, 0.1) is 0 Å². The summed E-state index contributed by atoms with van der Waals surface area (Å²) in [4.78, 5) is 4.16. The van der Waals surface area contributed by atoms with E-state index in [2.05, 4.69) is 15.6 Å². The first kappa shape index (κ1) is 20.1. The second kappa shape index (κ2) is 9.52. The van der Waals surface area contributed by atoms with Crippen LogP contribution in [0.2, 0.25) is 0 Å². The van der Waals surface area contributed by atoms with E-state index in [9.17, 15) is 8.42 Å². The zero-order valence-electron chi connectivity index (χ0n) is 15.4. The highest BCUT2D eigenvalue weighted by molar-refractivity contribution is 7.99. The van der Waals surface area contributed by atoms with Crippen LogP contribution in [-0.2, 0) is 10.0 Å². The second-order valence-electron chi connectivity index (χ2n) is 6.16. The molecule has 0 aromatic heterocycles. The van der Waals surface area contributed by atoms with Crippen LogP contribution in [0.4, 0.5) is 5.69 Å². The molecule has 150 valence electrons. The first-order chi connectivity index (χ1) is 13.1. The Morgan fingerprint density at radius 3 is 2.70 bits per heavy atom. The Morgan fingerprint density at radius 1 is 1.22 bits per heavy atom. The van der Waals surface area contributed by atoms with E-state index < -0.39 is 10.0 Å². The summed E-state index contributed by atoms with van der Waals surface area (Å²) in [6.07, 6.45) is 0.852. The number of nitrogens with one attached hydrogen (secondary N) is 2. The number of ether oxygens (including phenoxy) is 2. The number of hydrogen-bond donors (Lipinski definition) is 2. The molecule has 0 saturated carbocycles. The lowest BCUT2D eigenvalue weighted by atomic mass is 10.3. The van der Waals surface area contributed by atoms with Crippen molar-refractivity contribution in [3.63, 3.8) is 0 Å². The summed E-state index contributed by atoms with van der Waals surface area (Å²) in [6.45, 7) is 2.74. The van der Waals surface area contributed by atoms with Crippen LogP contribution in [0.15, 0.2) is 23.2 Å². The average Bonchev–Trinajstić information content (AvgIpc) is 2.92. The molecule has 1 aromatic rings. The maximum Gasteiger partial charge on any atom is 0.215 e. The van der Waals surface area contributed by atoms with Crippen LogP contribution in [0.25, 0.3) is 0 Å². The fourth-order valence-electron chi connectivity index (χ4n) is 2.81. The number of anilines is 1. The summed E-state index contributed by atoms with van der Waals surface area (Å²) in [6, 6.07) is 5.59. The minimum Gasteiger partial charge on any atom is -0.490 e. The predicted octanol–water partition coefficient (Wildman–Crippen LogP) is 1.21. The summed E-state index contributed by atoms with van der Waals surface area (Å²) >= 11 is 1.79. The SMILES string of the molecule is CN=C(NCCS(=O)(=O)N1CCSCC1)Nc1ccc2c(c1)OCCCO2. The molecule has 0 spiro atoms. The van der Waals surface area contributed by atoms with Gasteiger partial charge < -0.3 is 20.1 Å². The number of hydrogen-bond acceptors (Lipinski definition) is 6. The topological polar surface area (TPSA) is 92.3 Å². The monoisotopic (exact) mass is 414 g/mol. The maximum atomic E-state index is 12.4. The summed E-state index contributed by atoms with van der Waals surface area (Å²) < 4.78 is 37.7. The Bertz CT molecular complexity index is 764. The predicted molar refractivity (Wildman–Crippen MR) is 110 cm³/mol. The third kappa shape index (κ3) is 5.66. The fraction of sp³-hybridized carbons (Fsp3) is 0.588. The minimum absolute atomic E-state index is 0.0412. The van der Waals surface area contributed by atoms with Gasteiger partial charge in [-0.25, -0.2) is 12.7 Å². The lowest BCUT2D eigenvalue weighted by molar-refractivity contribution is 0.297. The van der Waals surface area contributed by atoms with Crippen molar-refractivity contribution in [3.05, 3.63) is 18.2 Å². The number of fused-ring (bicyclic) bond motifs is 1. The highest BCUT2D eigenvalue weighted by atomic mass is 32.2. The van der Waals surface area contributed by atoms with E-state index in [0.717, 1.165) is 29.4 Å². The molecule has 0 bridgehead atoms. The second-order valence-corrected chi connectivity index (χ2v) is 9.48. The fourth-order valence-corrected chi connectivity index (χ4v) is 5.30. The van der Waals surface area contributed by atoms with Gasteiger partial charge >= 0.3 is 0 Å². The Kier molecular flexibility index (Phi) is 7.08. The molecule has 2 aliphatic rings. The molecule has 0 atom stereocenters. The number of sulfonamides is 1. The van der Waals surface area contributed by atoms with E-state index in [-0.39, 0.29) is 12.3 Å². The van der Waals surface area contributed by atoms with Gasteiger partial charge in [0.25, 0.3) is 0 Å². The van der Waals surface area contributed by atoms with Crippen molar-refractivity contribution < 1.29 is 17.9 Å². The quantitative estimate of drug-likeness (QED) is 0.553. The van der Waals surface area contributed by atoms with Crippen LogP contribution in [0.1, 0.15) is 6.42 Å². The van der Waals surface area contributed by atoms with Gasteiger partial charge in [0.2, 0.25) is 10.0 Å². The van der Waals surface area contributed by atoms with E-state index in [0.29, 0.717) is 38.0 Å². The molecular formula is C17H26N4O4S2. The number of nitrogens with zero attached hydrogens (tertiary/aromatic N) is 2. The Hall–Kier alpha value is -1.65. The van der Waals surface area contributed by atoms with Crippen molar-refractivity contribution in [1.29, 1.82) is 0 Å². The first-order valence-corrected chi connectivity index (χ1v) is 11.8. The van der Waals surface area contributed by atoms with Crippen LogP contribution in [0.3, 0.4) is 0 Å². The van der Waals surface area contributed by atoms with Crippen molar-refractivity contribution in [2.75, 3.05) is 62.5 Å². The first-order valence-electron chi connectivity index (χ1n) is 9.01. The van der Waals surface area contributed by atoms with Gasteiger partial charge in [-0.05, 0) is 12.1 Å². The molecule has 2 N–H and O–H groups in total. The smallest absolute Gasteiger partial charge is 0.215 e. The van der Waals surface area contributed by atoms with Crippen molar-refractivity contribution >= 4 is 33.4 Å². The van der Waals surface area contributed by atoms with Gasteiger partial charge in [0.15, 0.2) is 17.5 Å². The molecule has 0 radical (unpaired) electrons. The minimum atomic E-state index is -3.24. The Labute approximate surface area is 164 Å². The number of rotatable bonds is 5. The summed E-state index contributed by atoms with van der Waals surface area (Å²) in [5, 5.41) is 6.22. The number of guanidine groups is 1. The molecule has 0 unspecified atom stereocenters. The molecule has 1 fully saturated rings. The molecule has 2 heterocycles. The number of aliphatic imine (C=N–C) groups is 1. The molecule has 3 rings (SSSR count). The van der Waals surface area contributed by atoms with Gasteiger partial charge in [0.1, 0.15) is 0 Å². The van der Waals surface area contributed by atoms with E-state index in [1.807, 2.05) is 18.2 Å². The van der Waals surface area contributed by atoms with Crippen LogP contribution >= 0.6 is 11.8 Å². The molecule has 10 heteroatoms. The van der Waals surface area contributed by atoms with E-state index in [4.69, 9.17) is 9.47 Å². The van der Waals surface area contributed by atoms with E-state index in [1.54, 1.807) is 23.1 Å². The molecular weight excluding hydrogens is 388 g/mol. The summed E-state index contributed by atoms with van der Waals surface area (Å²) in [5.41, 5.74) is 0.795. The van der Waals surface area contributed by atoms with Gasteiger partial charge in [0, 0.05) is 56.4 Å². The summed E-state index contributed by atoms with van der Waals surface area (Å²) in [5.74, 6) is 3.69. The Morgan fingerprint density at radius 2 is 1.96 bits per heavy atom. The van der Waals surface area contributed by atoms with Gasteiger partial charge in [-0.15, -0.1) is 0 Å². The summed E-state index contributed by atoms with van der Waals surface area (Å²) in [7, 11) is -1.59. The van der Waals surface area contributed by atoms with Crippen LogP contribution in [-0.4, -0.2) is 75.8 Å². The van der Waals surface area contributed by atoms with Crippen molar-refractivity contribution in [1.82, 2.24) is 9.62 Å². The lowest BCUT2D eigenvalue weighted by Gasteiger charge is -2.25. The molecule has 0 amide bonds. The molecule has 1 aromatic carbocycles. The molecule has 0 aliphatic carbocycles. The third-order valence-corrected chi connectivity index (χ3v) is 7.06. The molecule has 8 nitrogen and oxygen atoms in total. The average molecular weight is 415 g/mol. The largest absolute Gasteiger partial charge is 0.490 e. The van der Waals surface area contributed by atoms with Gasteiger partial charge in [-0.3, -0.25) is 4.99 Å². The molecule has 1 saturated heterocycles. The maximum absolute atomic E-state index is 12.4. The van der Waals surface area contributed by atoms with E-state index in [1.165, 1.54) is 0 Å². The van der Waals surface area contributed by atoms with Crippen LogP contribution < -0.4 is 20.1 Å². The Balaban J connectivity index is 1.53. The van der Waals surface area contributed by atoms with Crippen molar-refractivity contribution in [2.24, 2.45) is 4.99 Å².